The molecule has 0 saturated carbocycles. The number of benzene rings is 2. The fourth-order valence-corrected chi connectivity index (χ4v) is 1.60. The first-order valence-electron chi connectivity index (χ1n) is 5.50. The molecule has 4 heteroatoms. The molecule has 0 saturated heterocycles. The van der Waals surface area contributed by atoms with Gasteiger partial charge in [0.05, 0.1) is 12.8 Å². The van der Waals surface area contributed by atoms with Crippen molar-refractivity contribution in [1.29, 1.82) is 0 Å². The first-order chi connectivity index (χ1) is 8.70. The van der Waals surface area contributed by atoms with Gasteiger partial charge >= 0.3 is 0 Å². The quantitative estimate of drug-likeness (QED) is 0.813. The van der Waals surface area contributed by atoms with Crippen LogP contribution in [0, 0.1) is 0 Å². The van der Waals surface area contributed by atoms with Gasteiger partial charge < -0.3 is 15.8 Å². The number of hydrogen-bond acceptors (Lipinski definition) is 3. The number of ether oxygens (including phenoxy) is 1. The number of anilines is 2. The van der Waals surface area contributed by atoms with Crippen LogP contribution in [0.15, 0.2) is 48.5 Å². The van der Waals surface area contributed by atoms with Gasteiger partial charge in [-0.05, 0) is 30.3 Å². The van der Waals surface area contributed by atoms with E-state index in [4.69, 9.17) is 10.5 Å². The van der Waals surface area contributed by atoms with Crippen molar-refractivity contribution in [1.82, 2.24) is 0 Å². The molecule has 2 rings (SSSR count). The third kappa shape index (κ3) is 2.60. The molecule has 0 aliphatic rings. The molecule has 3 N–H and O–H groups in total. The van der Waals surface area contributed by atoms with Crippen LogP contribution in [0.4, 0.5) is 11.4 Å². The first-order valence-corrected chi connectivity index (χ1v) is 5.50. The molecule has 0 aromatic heterocycles. The molecule has 1 amide bonds. The zero-order valence-corrected chi connectivity index (χ0v) is 10.0. The highest BCUT2D eigenvalue weighted by molar-refractivity contribution is 6.04. The molecule has 2 aromatic rings. The average Bonchev–Trinajstić information content (AvgIpc) is 2.40. The topological polar surface area (TPSA) is 64.3 Å². The minimum atomic E-state index is -0.167. The molecule has 0 aliphatic heterocycles. The fourth-order valence-electron chi connectivity index (χ4n) is 1.60. The molecule has 92 valence electrons. The Morgan fingerprint density at radius 1 is 1.17 bits per heavy atom. The number of nitrogens with two attached hydrogens (primary N) is 1. The van der Waals surface area contributed by atoms with E-state index in [2.05, 4.69) is 5.32 Å². The zero-order valence-electron chi connectivity index (χ0n) is 10.0. The summed E-state index contributed by atoms with van der Waals surface area (Å²) in [5.74, 6) is 0.424. The summed E-state index contributed by atoms with van der Waals surface area (Å²) in [5.41, 5.74) is 7.50. The standard InChI is InChI=1S/C14H14N2O2/c1-18-13-8-7-11(9-12(13)15)16-14(17)10-5-3-2-4-6-10/h2-9H,15H2,1H3,(H,16,17). The number of methoxy groups -OCH3 is 1. The smallest absolute Gasteiger partial charge is 0.255 e. The lowest BCUT2D eigenvalue weighted by Gasteiger charge is -2.08. The second kappa shape index (κ2) is 5.23. The van der Waals surface area contributed by atoms with Crippen molar-refractivity contribution in [3.63, 3.8) is 0 Å². The van der Waals surface area contributed by atoms with Crippen LogP contribution in [0.3, 0.4) is 0 Å². The number of hydrogen-bond donors (Lipinski definition) is 2. The summed E-state index contributed by atoms with van der Waals surface area (Å²) in [4.78, 5) is 11.9. The molecule has 0 heterocycles. The molecule has 18 heavy (non-hydrogen) atoms. The number of carbonyl (C=O) groups excluding carboxylic acids is 1. The Morgan fingerprint density at radius 2 is 1.89 bits per heavy atom. The summed E-state index contributed by atoms with van der Waals surface area (Å²) in [7, 11) is 1.55. The Labute approximate surface area is 105 Å². The monoisotopic (exact) mass is 242 g/mol. The van der Waals surface area contributed by atoms with E-state index in [1.165, 1.54) is 0 Å². The average molecular weight is 242 g/mol. The van der Waals surface area contributed by atoms with Gasteiger partial charge in [-0.3, -0.25) is 4.79 Å². The molecule has 2 aromatic carbocycles. The third-order valence-electron chi connectivity index (χ3n) is 2.52. The summed E-state index contributed by atoms with van der Waals surface area (Å²) in [6, 6.07) is 14.1. The number of rotatable bonds is 3. The predicted octanol–water partition coefficient (Wildman–Crippen LogP) is 2.53. The van der Waals surface area contributed by atoms with Gasteiger partial charge in [0, 0.05) is 11.3 Å². The van der Waals surface area contributed by atoms with Gasteiger partial charge in [-0.2, -0.15) is 0 Å². The Morgan fingerprint density at radius 3 is 2.50 bits per heavy atom. The maximum absolute atomic E-state index is 11.9. The molecule has 0 spiro atoms. The highest BCUT2D eigenvalue weighted by Gasteiger charge is 2.06. The zero-order chi connectivity index (χ0) is 13.0. The minimum absolute atomic E-state index is 0.167. The predicted molar refractivity (Wildman–Crippen MR) is 71.8 cm³/mol. The first kappa shape index (κ1) is 12.0. The van der Waals surface area contributed by atoms with Crippen LogP contribution in [0.1, 0.15) is 10.4 Å². The second-order valence-corrected chi connectivity index (χ2v) is 3.78. The molecule has 0 radical (unpaired) electrons. The van der Waals surface area contributed by atoms with Gasteiger partial charge in [-0.1, -0.05) is 18.2 Å². The van der Waals surface area contributed by atoms with E-state index in [0.29, 0.717) is 22.7 Å². The van der Waals surface area contributed by atoms with E-state index in [-0.39, 0.29) is 5.91 Å². The van der Waals surface area contributed by atoms with Crippen molar-refractivity contribution in [2.24, 2.45) is 0 Å². The Bertz CT molecular complexity index is 553. The molecular weight excluding hydrogens is 228 g/mol. The van der Waals surface area contributed by atoms with Gasteiger partial charge in [-0.25, -0.2) is 0 Å². The largest absolute Gasteiger partial charge is 0.495 e. The summed E-state index contributed by atoms with van der Waals surface area (Å²) < 4.78 is 5.05. The van der Waals surface area contributed by atoms with Crippen LogP contribution in [0.2, 0.25) is 0 Å². The van der Waals surface area contributed by atoms with Crippen molar-refractivity contribution >= 4 is 17.3 Å². The Kier molecular flexibility index (Phi) is 3.48. The summed E-state index contributed by atoms with van der Waals surface area (Å²) in [6.45, 7) is 0. The van der Waals surface area contributed by atoms with Gasteiger partial charge in [0.15, 0.2) is 0 Å². The highest BCUT2D eigenvalue weighted by atomic mass is 16.5. The minimum Gasteiger partial charge on any atom is -0.495 e. The van der Waals surface area contributed by atoms with Crippen LogP contribution in [-0.2, 0) is 0 Å². The summed E-state index contributed by atoms with van der Waals surface area (Å²) >= 11 is 0. The number of carbonyl (C=O) groups is 1. The molecule has 4 nitrogen and oxygen atoms in total. The van der Waals surface area contributed by atoms with E-state index >= 15 is 0 Å². The maximum atomic E-state index is 11.9. The third-order valence-corrected chi connectivity index (χ3v) is 2.52. The van der Waals surface area contributed by atoms with E-state index in [1.54, 1.807) is 37.4 Å². The maximum Gasteiger partial charge on any atom is 0.255 e. The Balaban J connectivity index is 2.15. The van der Waals surface area contributed by atoms with Crippen LogP contribution in [0.5, 0.6) is 5.75 Å². The van der Waals surface area contributed by atoms with Crippen molar-refractivity contribution in [3.8, 4) is 5.75 Å². The molecule has 0 fully saturated rings. The number of amides is 1. The van der Waals surface area contributed by atoms with E-state index in [9.17, 15) is 4.79 Å². The van der Waals surface area contributed by atoms with Gasteiger partial charge in [0.2, 0.25) is 0 Å². The highest BCUT2D eigenvalue weighted by Crippen LogP contribution is 2.24. The molecule has 0 aliphatic carbocycles. The molecular formula is C14H14N2O2. The molecule has 0 bridgehead atoms. The lowest BCUT2D eigenvalue weighted by Crippen LogP contribution is -2.11. The van der Waals surface area contributed by atoms with Crippen molar-refractivity contribution < 1.29 is 9.53 Å². The fraction of sp³-hybridized carbons (Fsp3) is 0.0714. The van der Waals surface area contributed by atoms with E-state index in [0.717, 1.165) is 0 Å². The lowest BCUT2D eigenvalue weighted by molar-refractivity contribution is 0.102. The normalized spacial score (nSPS) is 9.83. The lowest BCUT2D eigenvalue weighted by atomic mass is 10.2. The van der Waals surface area contributed by atoms with Crippen molar-refractivity contribution in [3.05, 3.63) is 54.1 Å². The van der Waals surface area contributed by atoms with Gasteiger partial charge in [-0.15, -0.1) is 0 Å². The van der Waals surface area contributed by atoms with Crippen LogP contribution < -0.4 is 15.8 Å². The number of nitrogens with one attached hydrogen (secondary N) is 1. The molecule has 0 unspecified atom stereocenters. The summed E-state index contributed by atoms with van der Waals surface area (Å²) in [5, 5.41) is 2.78. The van der Waals surface area contributed by atoms with E-state index in [1.807, 2.05) is 18.2 Å². The van der Waals surface area contributed by atoms with Gasteiger partial charge in [0.1, 0.15) is 5.75 Å². The second-order valence-electron chi connectivity index (χ2n) is 3.78. The Hall–Kier alpha value is -2.49. The van der Waals surface area contributed by atoms with Crippen molar-refractivity contribution in [2.75, 3.05) is 18.2 Å². The number of nitrogen functional groups attached to an aromatic ring is 1. The summed E-state index contributed by atoms with van der Waals surface area (Å²) in [6.07, 6.45) is 0. The SMILES string of the molecule is COc1ccc(NC(=O)c2ccccc2)cc1N. The van der Waals surface area contributed by atoms with Crippen LogP contribution in [-0.4, -0.2) is 13.0 Å². The van der Waals surface area contributed by atoms with Gasteiger partial charge in [0.25, 0.3) is 5.91 Å². The van der Waals surface area contributed by atoms with Crippen LogP contribution >= 0.6 is 0 Å². The van der Waals surface area contributed by atoms with E-state index < -0.39 is 0 Å². The van der Waals surface area contributed by atoms with Crippen LogP contribution in [0.25, 0.3) is 0 Å². The van der Waals surface area contributed by atoms with Crippen molar-refractivity contribution in [2.45, 2.75) is 0 Å². The molecule has 0 atom stereocenters.